The number of carbonyl (C=O) groups is 3. The summed E-state index contributed by atoms with van der Waals surface area (Å²) < 4.78 is 0. The van der Waals surface area contributed by atoms with Gasteiger partial charge in [-0.25, -0.2) is 0 Å². The molecule has 0 aliphatic heterocycles. The lowest BCUT2D eigenvalue weighted by Gasteiger charge is -1.76. The number of hydrogen-bond donors (Lipinski definition) is 3. The van der Waals surface area contributed by atoms with Crippen LogP contribution in [0, 0.1) is 0 Å². The quantitative estimate of drug-likeness (QED) is 0.447. The first kappa shape index (κ1) is 13.5. The van der Waals surface area contributed by atoms with E-state index < -0.39 is 17.7 Å². The Hall–Kier alpha value is -2.11. The highest BCUT2D eigenvalue weighted by atomic mass is 16.2. The van der Waals surface area contributed by atoms with E-state index in [-0.39, 0.29) is 0 Å². The zero-order valence-electron chi connectivity index (χ0n) is 6.90. The number of amides is 3. The van der Waals surface area contributed by atoms with Crippen LogP contribution in [0.4, 0.5) is 0 Å². The fourth-order valence-corrected chi connectivity index (χ4v) is 0.164. The van der Waals surface area contributed by atoms with Crippen LogP contribution in [0.25, 0.3) is 0 Å². The van der Waals surface area contributed by atoms with E-state index in [0.29, 0.717) is 0 Å². The van der Waals surface area contributed by atoms with Crippen LogP contribution in [-0.2, 0) is 14.4 Å². The first-order chi connectivity index (χ1) is 5.90. The Balaban J connectivity index is 0. The highest BCUT2D eigenvalue weighted by Crippen LogP contribution is 1.65. The SMILES string of the molecule is C=CC(N)=O.NC(=O)C=CC(N)=O. The molecule has 13 heavy (non-hydrogen) atoms. The van der Waals surface area contributed by atoms with Gasteiger partial charge in [0.25, 0.3) is 0 Å². The maximum atomic E-state index is 9.83. The molecule has 6 heteroatoms. The topological polar surface area (TPSA) is 129 Å². The van der Waals surface area contributed by atoms with Gasteiger partial charge in [0.15, 0.2) is 0 Å². The summed E-state index contributed by atoms with van der Waals surface area (Å²) in [6.07, 6.45) is 2.87. The molecule has 0 rings (SSSR count). The van der Waals surface area contributed by atoms with Crippen molar-refractivity contribution in [2.24, 2.45) is 17.2 Å². The van der Waals surface area contributed by atoms with Gasteiger partial charge in [0.1, 0.15) is 0 Å². The van der Waals surface area contributed by atoms with Crippen molar-refractivity contribution < 1.29 is 14.4 Å². The Bertz CT molecular complexity index is 229. The summed E-state index contributed by atoms with van der Waals surface area (Å²) in [4.78, 5) is 29.1. The molecule has 0 aromatic carbocycles. The van der Waals surface area contributed by atoms with Gasteiger partial charge in [-0.3, -0.25) is 14.4 Å². The van der Waals surface area contributed by atoms with Crippen molar-refractivity contribution in [1.29, 1.82) is 0 Å². The predicted octanol–water partition coefficient (Wildman–Crippen LogP) is -1.83. The standard InChI is InChI=1S/C4H6N2O2.C3H5NO/c5-3(7)1-2-4(6)8;1-2-3(4)5/h1-2H,(H2,5,7)(H2,6,8);2H,1H2,(H2,4,5). The maximum Gasteiger partial charge on any atom is 0.241 e. The van der Waals surface area contributed by atoms with Gasteiger partial charge < -0.3 is 17.2 Å². The van der Waals surface area contributed by atoms with Gasteiger partial charge in [-0.2, -0.15) is 0 Å². The van der Waals surface area contributed by atoms with Crippen LogP contribution >= 0.6 is 0 Å². The first-order valence-corrected chi connectivity index (χ1v) is 3.09. The monoisotopic (exact) mass is 185 g/mol. The Morgan fingerprint density at radius 1 is 0.846 bits per heavy atom. The molecule has 0 aliphatic rings. The summed E-state index contributed by atoms with van der Waals surface area (Å²) >= 11 is 0. The molecule has 6 N–H and O–H groups in total. The summed E-state index contributed by atoms with van der Waals surface area (Å²) in [5.74, 6) is -1.84. The largest absolute Gasteiger partial charge is 0.366 e. The number of hydrogen-bond acceptors (Lipinski definition) is 3. The average Bonchev–Trinajstić information content (AvgIpc) is 2.02. The third-order valence-electron chi connectivity index (χ3n) is 0.613. The fourth-order valence-electron chi connectivity index (χ4n) is 0.164. The van der Waals surface area contributed by atoms with Crippen LogP contribution in [0.5, 0.6) is 0 Å². The van der Waals surface area contributed by atoms with Gasteiger partial charge in [-0.15, -0.1) is 0 Å². The lowest BCUT2D eigenvalue weighted by molar-refractivity contribution is -0.115. The molecule has 0 saturated carbocycles. The Morgan fingerprint density at radius 3 is 1.15 bits per heavy atom. The van der Waals surface area contributed by atoms with Crippen molar-refractivity contribution in [1.82, 2.24) is 0 Å². The van der Waals surface area contributed by atoms with E-state index in [0.717, 1.165) is 18.2 Å². The minimum absolute atomic E-state index is 0.481. The molecule has 3 amide bonds. The summed E-state index contributed by atoms with van der Waals surface area (Å²) in [6.45, 7) is 3.09. The van der Waals surface area contributed by atoms with Gasteiger partial charge in [0, 0.05) is 12.2 Å². The Kier molecular flexibility index (Phi) is 8.28. The van der Waals surface area contributed by atoms with Crippen molar-refractivity contribution in [3.63, 3.8) is 0 Å². The van der Waals surface area contributed by atoms with Crippen LogP contribution in [0.2, 0.25) is 0 Å². The maximum absolute atomic E-state index is 9.83. The van der Waals surface area contributed by atoms with Gasteiger partial charge in [0.05, 0.1) is 0 Å². The molecule has 0 heterocycles. The van der Waals surface area contributed by atoms with Crippen molar-refractivity contribution in [2.45, 2.75) is 0 Å². The molecule has 0 spiro atoms. The van der Waals surface area contributed by atoms with E-state index in [1.165, 1.54) is 0 Å². The molecule has 6 nitrogen and oxygen atoms in total. The number of carbonyl (C=O) groups excluding carboxylic acids is 3. The highest BCUT2D eigenvalue weighted by Gasteiger charge is 1.83. The third-order valence-corrected chi connectivity index (χ3v) is 0.613. The molecule has 0 aliphatic carbocycles. The number of rotatable bonds is 3. The zero-order valence-corrected chi connectivity index (χ0v) is 6.90. The van der Waals surface area contributed by atoms with Crippen LogP contribution < -0.4 is 17.2 Å². The van der Waals surface area contributed by atoms with E-state index in [9.17, 15) is 14.4 Å². The van der Waals surface area contributed by atoms with Gasteiger partial charge in [-0.1, -0.05) is 6.58 Å². The predicted molar refractivity (Wildman–Crippen MR) is 46.9 cm³/mol. The molecule has 0 aromatic rings. The molecule has 0 saturated heterocycles. The summed E-state index contributed by atoms with van der Waals surface area (Å²) in [5, 5.41) is 0. The van der Waals surface area contributed by atoms with Crippen molar-refractivity contribution in [3.8, 4) is 0 Å². The van der Waals surface area contributed by atoms with Crippen molar-refractivity contribution in [2.75, 3.05) is 0 Å². The molecule has 0 bridgehead atoms. The zero-order chi connectivity index (χ0) is 10.9. The molecular formula is C7H11N3O3. The first-order valence-electron chi connectivity index (χ1n) is 3.09. The highest BCUT2D eigenvalue weighted by molar-refractivity contribution is 5.95. The number of nitrogens with two attached hydrogens (primary N) is 3. The molecule has 0 unspecified atom stereocenters. The fraction of sp³-hybridized carbons (Fsp3) is 0. The molecule has 72 valence electrons. The minimum Gasteiger partial charge on any atom is -0.366 e. The second-order valence-electron chi connectivity index (χ2n) is 1.74. The molecule has 0 atom stereocenters. The lowest BCUT2D eigenvalue weighted by atomic mass is 10.5. The summed E-state index contributed by atoms with van der Waals surface area (Å²) in [6, 6.07) is 0. The van der Waals surface area contributed by atoms with Gasteiger partial charge in [-0.05, 0) is 6.08 Å². The van der Waals surface area contributed by atoms with Gasteiger partial charge in [0.2, 0.25) is 17.7 Å². The Morgan fingerprint density at radius 2 is 1.08 bits per heavy atom. The van der Waals surface area contributed by atoms with Crippen LogP contribution in [-0.4, -0.2) is 17.7 Å². The molecule has 0 aromatic heterocycles. The van der Waals surface area contributed by atoms with Crippen LogP contribution in [0.3, 0.4) is 0 Å². The van der Waals surface area contributed by atoms with Crippen LogP contribution in [0.1, 0.15) is 0 Å². The van der Waals surface area contributed by atoms with Crippen LogP contribution in [0.15, 0.2) is 24.8 Å². The van der Waals surface area contributed by atoms with Crippen molar-refractivity contribution >= 4 is 17.7 Å². The smallest absolute Gasteiger partial charge is 0.241 e. The van der Waals surface area contributed by atoms with Gasteiger partial charge >= 0.3 is 0 Å². The van der Waals surface area contributed by atoms with E-state index in [1.54, 1.807) is 0 Å². The lowest BCUT2D eigenvalue weighted by Crippen LogP contribution is -2.10. The average molecular weight is 185 g/mol. The minimum atomic E-state index is -0.677. The second-order valence-corrected chi connectivity index (χ2v) is 1.74. The summed E-state index contributed by atoms with van der Waals surface area (Å²) in [7, 11) is 0. The summed E-state index contributed by atoms with van der Waals surface area (Å²) in [5.41, 5.74) is 13.7. The normalized spacial score (nSPS) is 8.31. The van der Waals surface area contributed by atoms with E-state index in [4.69, 9.17) is 0 Å². The Labute approximate surface area is 75.1 Å². The second kappa shape index (κ2) is 7.99. The third kappa shape index (κ3) is 25.7. The molecule has 0 radical (unpaired) electrons. The molecule has 0 fully saturated rings. The van der Waals surface area contributed by atoms with Crippen molar-refractivity contribution in [3.05, 3.63) is 24.8 Å². The van der Waals surface area contributed by atoms with E-state index >= 15 is 0 Å². The molecular weight excluding hydrogens is 174 g/mol. The van der Waals surface area contributed by atoms with E-state index in [2.05, 4.69) is 23.8 Å². The van der Waals surface area contributed by atoms with E-state index in [1.807, 2.05) is 0 Å². The number of primary amides is 3.